The third-order valence-corrected chi connectivity index (χ3v) is 3.85. The summed E-state index contributed by atoms with van der Waals surface area (Å²) in [4.78, 5) is 16.6. The molecule has 22 heavy (non-hydrogen) atoms. The summed E-state index contributed by atoms with van der Waals surface area (Å²) in [6.07, 6.45) is 2.46. The van der Waals surface area contributed by atoms with Crippen LogP contribution >= 0.6 is 0 Å². The summed E-state index contributed by atoms with van der Waals surface area (Å²) in [5, 5.41) is 9.99. The first-order valence-electron chi connectivity index (χ1n) is 7.47. The fourth-order valence-electron chi connectivity index (χ4n) is 2.81. The van der Waals surface area contributed by atoms with Gasteiger partial charge < -0.3 is 10.1 Å². The number of nitrogens with one attached hydrogen (secondary N) is 2. The van der Waals surface area contributed by atoms with E-state index in [0.29, 0.717) is 18.7 Å². The molecule has 2 aromatic heterocycles. The van der Waals surface area contributed by atoms with Gasteiger partial charge in [0.15, 0.2) is 5.69 Å². The lowest BCUT2D eigenvalue weighted by molar-refractivity contribution is -0.00697. The van der Waals surface area contributed by atoms with Gasteiger partial charge in [0.2, 0.25) is 0 Å². The molecule has 0 aromatic carbocycles. The number of amides is 1. The third kappa shape index (κ3) is 2.87. The van der Waals surface area contributed by atoms with Crippen LogP contribution in [0.5, 0.6) is 0 Å². The molecule has 0 fully saturated rings. The van der Waals surface area contributed by atoms with Gasteiger partial charge in [-0.3, -0.25) is 14.9 Å². The Balaban J connectivity index is 1.73. The van der Waals surface area contributed by atoms with E-state index < -0.39 is 0 Å². The molecule has 2 N–H and O–H groups in total. The minimum atomic E-state index is -0.179. The van der Waals surface area contributed by atoms with Gasteiger partial charge in [-0.25, -0.2) is 0 Å². The van der Waals surface area contributed by atoms with E-state index in [1.807, 2.05) is 32.9 Å². The standard InChI is InChI=1S/C16H20N4O2/c1-9-4-5-17-12(6-9)8-18-16(21)15-13-7-10(2)22-11(3)14(13)19-20-15/h4-6,10-11H,7-8H2,1-3H3,(H,18,21)(H,19,20)/t10-,11+/m1/s1. The highest BCUT2D eigenvalue weighted by atomic mass is 16.5. The molecule has 0 aliphatic carbocycles. The van der Waals surface area contributed by atoms with Crippen molar-refractivity contribution in [1.82, 2.24) is 20.5 Å². The normalized spacial score (nSPS) is 20.5. The number of aromatic nitrogens is 3. The Morgan fingerprint density at radius 2 is 2.32 bits per heavy atom. The second kappa shape index (κ2) is 5.88. The number of H-pyrrole nitrogens is 1. The van der Waals surface area contributed by atoms with Crippen LogP contribution < -0.4 is 5.32 Å². The lowest BCUT2D eigenvalue weighted by atomic mass is 9.99. The van der Waals surface area contributed by atoms with Crippen LogP contribution in [-0.4, -0.2) is 27.2 Å². The average Bonchev–Trinajstić information content (AvgIpc) is 2.89. The molecule has 2 aromatic rings. The number of hydrogen-bond donors (Lipinski definition) is 2. The van der Waals surface area contributed by atoms with Gasteiger partial charge in [-0.05, 0) is 38.5 Å². The van der Waals surface area contributed by atoms with E-state index in [9.17, 15) is 4.79 Å². The number of aryl methyl sites for hydroxylation is 1. The van der Waals surface area contributed by atoms with Gasteiger partial charge in [0, 0.05) is 18.2 Å². The highest BCUT2D eigenvalue weighted by Crippen LogP contribution is 2.29. The first-order chi connectivity index (χ1) is 10.5. The van der Waals surface area contributed by atoms with Crippen LogP contribution in [0.2, 0.25) is 0 Å². The minimum Gasteiger partial charge on any atom is -0.369 e. The Morgan fingerprint density at radius 1 is 1.50 bits per heavy atom. The molecule has 0 saturated heterocycles. The number of carbonyl (C=O) groups excluding carboxylic acids is 1. The lowest BCUT2D eigenvalue weighted by Crippen LogP contribution is -2.27. The van der Waals surface area contributed by atoms with E-state index in [0.717, 1.165) is 22.5 Å². The molecule has 1 amide bonds. The molecular formula is C16H20N4O2. The summed E-state index contributed by atoms with van der Waals surface area (Å²) < 4.78 is 5.74. The average molecular weight is 300 g/mol. The Morgan fingerprint density at radius 3 is 3.09 bits per heavy atom. The zero-order valence-electron chi connectivity index (χ0n) is 13.0. The molecule has 0 saturated carbocycles. The van der Waals surface area contributed by atoms with Gasteiger partial charge in [0.05, 0.1) is 30.1 Å². The number of carbonyl (C=O) groups is 1. The van der Waals surface area contributed by atoms with Crippen molar-refractivity contribution >= 4 is 5.91 Å². The lowest BCUT2D eigenvalue weighted by Gasteiger charge is -2.25. The van der Waals surface area contributed by atoms with E-state index >= 15 is 0 Å². The zero-order valence-corrected chi connectivity index (χ0v) is 13.0. The summed E-state index contributed by atoms with van der Waals surface area (Å²) in [6, 6.07) is 3.89. The Bertz CT molecular complexity index is 695. The molecule has 1 aliphatic rings. The van der Waals surface area contributed by atoms with Crippen LogP contribution in [0.3, 0.4) is 0 Å². The first-order valence-corrected chi connectivity index (χ1v) is 7.47. The molecule has 1 aliphatic heterocycles. The van der Waals surface area contributed by atoms with Gasteiger partial charge >= 0.3 is 0 Å². The molecule has 116 valence electrons. The maximum atomic E-state index is 12.4. The molecule has 0 unspecified atom stereocenters. The van der Waals surface area contributed by atoms with Gasteiger partial charge in [-0.1, -0.05) is 0 Å². The number of pyridine rings is 1. The third-order valence-electron chi connectivity index (χ3n) is 3.85. The molecule has 6 nitrogen and oxygen atoms in total. The number of nitrogens with zero attached hydrogens (tertiary/aromatic N) is 2. The summed E-state index contributed by atoms with van der Waals surface area (Å²) in [7, 11) is 0. The summed E-state index contributed by atoms with van der Waals surface area (Å²) >= 11 is 0. The SMILES string of the molecule is Cc1ccnc(CNC(=O)c2n[nH]c3c2C[C@@H](C)O[C@H]3C)c1. The van der Waals surface area contributed by atoms with Crippen molar-refractivity contribution in [3.63, 3.8) is 0 Å². The van der Waals surface area contributed by atoms with Crippen molar-refractivity contribution in [2.45, 2.75) is 45.9 Å². The number of aromatic amines is 1. The molecule has 3 rings (SSSR count). The maximum absolute atomic E-state index is 12.4. The predicted octanol–water partition coefficient (Wildman–Crippen LogP) is 2.07. The van der Waals surface area contributed by atoms with E-state index in [2.05, 4.69) is 20.5 Å². The topological polar surface area (TPSA) is 79.9 Å². The van der Waals surface area contributed by atoms with Crippen molar-refractivity contribution in [2.75, 3.05) is 0 Å². The van der Waals surface area contributed by atoms with Crippen molar-refractivity contribution < 1.29 is 9.53 Å². The monoisotopic (exact) mass is 300 g/mol. The summed E-state index contributed by atoms with van der Waals surface area (Å²) in [5.74, 6) is -0.179. The highest BCUT2D eigenvalue weighted by molar-refractivity contribution is 5.94. The minimum absolute atomic E-state index is 0.0637. The van der Waals surface area contributed by atoms with E-state index in [1.165, 1.54) is 0 Å². The number of fused-ring (bicyclic) bond motifs is 1. The van der Waals surface area contributed by atoms with Crippen molar-refractivity contribution in [3.8, 4) is 0 Å². The Hall–Kier alpha value is -2.21. The van der Waals surface area contributed by atoms with Crippen LogP contribution in [-0.2, 0) is 17.7 Å². The Labute approximate surface area is 129 Å². The molecule has 3 heterocycles. The fourth-order valence-corrected chi connectivity index (χ4v) is 2.81. The molecule has 0 radical (unpaired) electrons. The first kappa shape index (κ1) is 14.7. The zero-order chi connectivity index (χ0) is 15.7. The quantitative estimate of drug-likeness (QED) is 0.909. The number of ether oxygens (including phenoxy) is 1. The van der Waals surface area contributed by atoms with Crippen LogP contribution in [0, 0.1) is 6.92 Å². The summed E-state index contributed by atoms with van der Waals surface area (Å²) in [6.45, 7) is 6.36. The van der Waals surface area contributed by atoms with Crippen LogP contribution in [0.15, 0.2) is 18.3 Å². The van der Waals surface area contributed by atoms with Crippen molar-refractivity contribution in [3.05, 3.63) is 46.5 Å². The van der Waals surface area contributed by atoms with E-state index in [1.54, 1.807) is 6.20 Å². The second-order valence-electron chi connectivity index (χ2n) is 5.76. The smallest absolute Gasteiger partial charge is 0.272 e. The molecule has 0 spiro atoms. The maximum Gasteiger partial charge on any atom is 0.272 e. The van der Waals surface area contributed by atoms with Gasteiger partial charge in [-0.2, -0.15) is 5.10 Å². The van der Waals surface area contributed by atoms with Gasteiger partial charge in [-0.15, -0.1) is 0 Å². The molecule has 2 atom stereocenters. The van der Waals surface area contributed by atoms with Crippen LogP contribution in [0.4, 0.5) is 0 Å². The van der Waals surface area contributed by atoms with Gasteiger partial charge in [0.1, 0.15) is 0 Å². The van der Waals surface area contributed by atoms with Crippen molar-refractivity contribution in [1.29, 1.82) is 0 Å². The van der Waals surface area contributed by atoms with E-state index in [-0.39, 0.29) is 18.1 Å². The summed E-state index contributed by atoms with van der Waals surface area (Å²) in [5.41, 5.74) is 4.28. The fraction of sp³-hybridized carbons (Fsp3) is 0.438. The molecule has 0 bridgehead atoms. The van der Waals surface area contributed by atoms with Crippen molar-refractivity contribution in [2.24, 2.45) is 0 Å². The Kier molecular flexibility index (Phi) is 3.94. The van der Waals surface area contributed by atoms with Crippen LogP contribution in [0.25, 0.3) is 0 Å². The van der Waals surface area contributed by atoms with Crippen LogP contribution in [0.1, 0.15) is 53.0 Å². The number of rotatable bonds is 3. The predicted molar refractivity (Wildman–Crippen MR) is 81.4 cm³/mol. The molecule has 6 heteroatoms. The van der Waals surface area contributed by atoms with E-state index in [4.69, 9.17) is 4.74 Å². The highest BCUT2D eigenvalue weighted by Gasteiger charge is 2.29. The number of hydrogen-bond acceptors (Lipinski definition) is 4. The molecular weight excluding hydrogens is 280 g/mol. The van der Waals surface area contributed by atoms with Gasteiger partial charge in [0.25, 0.3) is 5.91 Å². The second-order valence-corrected chi connectivity index (χ2v) is 5.76. The largest absolute Gasteiger partial charge is 0.369 e.